The molecule has 3 rings (SSSR count). The zero-order chi connectivity index (χ0) is 18.0. The van der Waals surface area contributed by atoms with Gasteiger partial charge < -0.3 is 0 Å². The van der Waals surface area contributed by atoms with Crippen molar-refractivity contribution >= 4 is 27.4 Å². The maximum absolute atomic E-state index is 13.4. The number of benzene rings is 2. The molecule has 1 N–H and O–H groups in total. The molecule has 0 spiro atoms. The number of nitrogens with zero attached hydrogens (tertiary/aromatic N) is 1. The van der Waals surface area contributed by atoms with Gasteiger partial charge in [0, 0.05) is 10.6 Å². The molecule has 128 valence electrons. The lowest BCUT2D eigenvalue weighted by Gasteiger charge is -2.11. The number of hydrogen-bond donors (Lipinski definition) is 1. The number of nitrogens with one attached hydrogen (secondary N) is 1. The van der Waals surface area contributed by atoms with E-state index < -0.39 is 15.8 Å². The minimum Gasteiger partial charge on any atom is -0.263 e. The number of rotatable bonds is 4. The van der Waals surface area contributed by atoms with Crippen LogP contribution in [0.25, 0.3) is 11.3 Å². The van der Waals surface area contributed by atoms with Gasteiger partial charge in [-0.1, -0.05) is 35.9 Å². The number of halogens is 2. The van der Waals surface area contributed by atoms with Crippen molar-refractivity contribution in [2.24, 2.45) is 0 Å². The molecular weight excluding hydrogens is 363 g/mol. The summed E-state index contributed by atoms with van der Waals surface area (Å²) in [5.41, 5.74) is 1.77. The molecule has 3 aromatic rings. The third kappa shape index (κ3) is 3.97. The first-order valence-corrected chi connectivity index (χ1v) is 9.23. The van der Waals surface area contributed by atoms with E-state index in [0.29, 0.717) is 16.3 Å². The van der Waals surface area contributed by atoms with E-state index in [9.17, 15) is 12.8 Å². The molecule has 0 saturated carbocycles. The van der Waals surface area contributed by atoms with E-state index in [2.05, 4.69) is 9.71 Å². The molecule has 0 fully saturated rings. The van der Waals surface area contributed by atoms with Crippen LogP contribution >= 0.6 is 11.6 Å². The molecule has 1 heterocycles. The smallest absolute Gasteiger partial charge is 0.263 e. The topological polar surface area (TPSA) is 59.1 Å². The van der Waals surface area contributed by atoms with E-state index in [1.807, 2.05) is 6.07 Å². The Morgan fingerprint density at radius 3 is 2.56 bits per heavy atom. The van der Waals surface area contributed by atoms with Crippen molar-refractivity contribution in [2.75, 3.05) is 4.72 Å². The predicted molar refractivity (Wildman–Crippen MR) is 96.6 cm³/mol. The number of aryl methyl sites for hydroxylation is 1. The van der Waals surface area contributed by atoms with Gasteiger partial charge in [0.15, 0.2) is 0 Å². The van der Waals surface area contributed by atoms with Gasteiger partial charge in [-0.15, -0.1) is 0 Å². The van der Waals surface area contributed by atoms with Crippen LogP contribution in [0.2, 0.25) is 5.02 Å². The van der Waals surface area contributed by atoms with Crippen LogP contribution < -0.4 is 4.72 Å². The second kappa shape index (κ2) is 6.82. The Morgan fingerprint density at radius 2 is 1.80 bits per heavy atom. The van der Waals surface area contributed by atoms with E-state index >= 15 is 0 Å². The van der Waals surface area contributed by atoms with Crippen molar-refractivity contribution in [1.82, 2.24) is 4.98 Å². The van der Waals surface area contributed by atoms with E-state index in [1.54, 1.807) is 37.3 Å². The molecule has 0 atom stereocenters. The largest absolute Gasteiger partial charge is 0.263 e. The third-order valence-electron chi connectivity index (χ3n) is 3.55. The van der Waals surface area contributed by atoms with Crippen LogP contribution in [-0.2, 0) is 10.0 Å². The molecule has 7 heteroatoms. The average Bonchev–Trinajstić information content (AvgIpc) is 2.57. The zero-order valence-corrected chi connectivity index (χ0v) is 14.8. The number of pyridine rings is 1. The lowest BCUT2D eigenvalue weighted by Crippen LogP contribution is -2.15. The highest BCUT2D eigenvalue weighted by molar-refractivity contribution is 7.92. The second-order valence-corrected chi connectivity index (χ2v) is 7.52. The summed E-state index contributed by atoms with van der Waals surface area (Å²) in [6.07, 6.45) is 0. The molecule has 0 saturated heterocycles. The first-order valence-electron chi connectivity index (χ1n) is 7.37. The predicted octanol–water partition coefficient (Wildman–Crippen LogP) is 4.65. The van der Waals surface area contributed by atoms with Crippen molar-refractivity contribution in [3.63, 3.8) is 0 Å². The summed E-state index contributed by atoms with van der Waals surface area (Å²) in [6, 6.07) is 15.7. The minimum absolute atomic E-state index is 0.123. The summed E-state index contributed by atoms with van der Waals surface area (Å²) in [7, 11) is -3.95. The van der Waals surface area contributed by atoms with Gasteiger partial charge in [0.25, 0.3) is 10.0 Å². The van der Waals surface area contributed by atoms with Crippen LogP contribution in [-0.4, -0.2) is 13.4 Å². The Labute approximate surface area is 150 Å². The Morgan fingerprint density at radius 1 is 1.04 bits per heavy atom. The quantitative estimate of drug-likeness (QED) is 0.721. The van der Waals surface area contributed by atoms with Crippen molar-refractivity contribution in [1.29, 1.82) is 0 Å². The fourth-order valence-electron chi connectivity index (χ4n) is 2.36. The van der Waals surface area contributed by atoms with Crippen molar-refractivity contribution in [2.45, 2.75) is 11.8 Å². The molecule has 0 aliphatic rings. The lowest BCUT2D eigenvalue weighted by atomic mass is 10.1. The summed E-state index contributed by atoms with van der Waals surface area (Å²) in [6.45, 7) is 1.60. The molecule has 0 radical (unpaired) electrons. The molecule has 0 aliphatic heterocycles. The summed E-state index contributed by atoms with van der Waals surface area (Å²) >= 11 is 5.98. The van der Waals surface area contributed by atoms with E-state index in [1.165, 1.54) is 18.2 Å². The van der Waals surface area contributed by atoms with E-state index in [-0.39, 0.29) is 10.7 Å². The molecule has 0 aliphatic carbocycles. The second-order valence-electron chi connectivity index (χ2n) is 5.43. The highest BCUT2D eigenvalue weighted by Crippen LogP contribution is 2.24. The zero-order valence-electron chi connectivity index (χ0n) is 13.2. The summed E-state index contributed by atoms with van der Waals surface area (Å²) in [4.78, 5) is 4.18. The highest BCUT2D eigenvalue weighted by atomic mass is 35.5. The maximum atomic E-state index is 13.4. The maximum Gasteiger partial charge on any atom is 0.263 e. The summed E-state index contributed by atoms with van der Waals surface area (Å²) in [5.74, 6) is -0.479. The van der Waals surface area contributed by atoms with Gasteiger partial charge in [0.2, 0.25) is 0 Å². The van der Waals surface area contributed by atoms with Crippen molar-refractivity contribution < 1.29 is 12.8 Å². The molecule has 2 aromatic carbocycles. The molecule has 0 unspecified atom stereocenters. The molecule has 0 amide bonds. The van der Waals surface area contributed by atoms with E-state index in [4.69, 9.17) is 11.6 Å². The van der Waals surface area contributed by atoms with Gasteiger partial charge in [0.1, 0.15) is 11.6 Å². The summed E-state index contributed by atoms with van der Waals surface area (Å²) in [5, 5.41) is 0.556. The van der Waals surface area contributed by atoms with Gasteiger partial charge in [-0.05, 0) is 48.9 Å². The van der Waals surface area contributed by atoms with Crippen LogP contribution in [0, 0.1) is 12.7 Å². The molecular formula is C18H14ClFN2O2S. The average molecular weight is 377 g/mol. The molecule has 4 nitrogen and oxygen atoms in total. The van der Waals surface area contributed by atoms with Gasteiger partial charge in [-0.3, -0.25) is 4.72 Å². The Bertz CT molecular complexity index is 1040. The highest BCUT2D eigenvalue weighted by Gasteiger charge is 2.18. The van der Waals surface area contributed by atoms with Crippen LogP contribution in [0.3, 0.4) is 0 Å². The summed E-state index contributed by atoms with van der Waals surface area (Å²) < 4.78 is 40.9. The van der Waals surface area contributed by atoms with Gasteiger partial charge >= 0.3 is 0 Å². The normalized spacial score (nSPS) is 11.3. The molecule has 0 bridgehead atoms. The number of aromatic nitrogens is 1. The fourth-order valence-corrected chi connectivity index (χ4v) is 3.81. The minimum atomic E-state index is -3.95. The fraction of sp³-hybridized carbons (Fsp3) is 0.0556. The number of anilines is 1. The Kier molecular flexibility index (Phi) is 4.74. The van der Waals surface area contributed by atoms with Crippen molar-refractivity contribution in [3.05, 3.63) is 77.1 Å². The van der Waals surface area contributed by atoms with Crippen LogP contribution in [0.1, 0.15) is 5.56 Å². The lowest BCUT2D eigenvalue weighted by molar-refractivity contribution is 0.594. The first kappa shape index (κ1) is 17.4. The SMILES string of the molecule is Cc1ccc(F)cc1S(=O)(=O)Nc1cccc(-c2cccc(Cl)c2)n1. The number of hydrogen-bond acceptors (Lipinski definition) is 3. The Balaban J connectivity index is 1.95. The standard InChI is InChI=1S/C18H14ClFN2O2S/c1-12-8-9-15(20)11-17(12)25(23,24)22-18-7-3-6-16(21-18)13-4-2-5-14(19)10-13/h2-11H,1H3,(H,21,22). The van der Waals surface area contributed by atoms with Gasteiger partial charge in [-0.2, -0.15) is 0 Å². The number of sulfonamides is 1. The van der Waals surface area contributed by atoms with Gasteiger partial charge in [-0.25, -0.2) is 17.8 Å². The first-order chi connectivity index (χ1) is 11.8. The van der Waals surface area contributed by atoms with Crippen molar-refractivity contribution in [3.8, 4) is 11.3 Å². The van der Waals surface area contributed by atoms with Crippen LogP contribution in [0.4, 0.5) is 10.2 Å². The third-order valence-corrected chi connectivity index (χ3v) is 5.28. The monoisotopic (exact) mass is 376 g/mol. The van der Waals surface area contributed by atoms with E-state index in [0.717, 1.165) is 11.6 Å². The van der Waals surface area contributed by atoms with Crippen LogP contribution in [0.5, 0.6) is 0 Å². The van der Waals surface area contributed by atoms with Crippen LogP contribution in [0.15, 0.2) is 65.6 Å². The Hall–Kier alpha value is -2.44. The molecule has 25 heavy (non-hydrogen) atoms. The molecule has 1 aromatic heterocycles. The van der Waals surface area contributed by atoms with Gasteiger partial charge in [0.05, 0.1) is 10.6 Å².